The Morgan fingerprint density at radius 3 is 2.30 bits per heavy atom. The molecule has 1 aliphatic rings. The van der Waals surface area contributed by atoms with Gasteiger partial charge in [0.05, 0.1) is 19.8 Å². The normalized spacial score (nSPS) is 24.4. The van der Waals surface area contributed by atoms with Crippen molar-refractivity contribution in [1.29, 1.82) is 0 Å². The van der Waals surface area contributed by atoms with Crippen LogP contribution < -0.4 is 4.90 Å². The Morgan fingerprint density at radius 2 is 1.73 bits per heavy atom. The van der Waals surface area contributed by atoms with Gasteiger partial charge >= 0.3 is 0 Å². The van der Waals surface area contributed by atoms with Crippen molar-refractivity contribution >= 4 is 28.9 Å². The molecule has 1 unspecified atom stereocenters. The number of benzene rings is 1. The molecule has 1 aliphatic heterocycles. The van der Waals surface area contributed by atoms with Crippen LogP contribution in [0.2, 0.25) is 0 Å². The fraction of sp³-hybridized carbons (Fsp3) is 0.714. The van der Waals surface area contributed by atoms with E-state index in [1.165, 1.54) is 5.56 Å². The van der Waals surface area contributed by atoms with Crippen LogP contribution >= 0.6 is 23.2 Å². The molecule has 7 nitrogen and oxygen atoms in total. The van der Waals surface area contributed by atoms with Crippen molar-refractivity contribution in [2.45, 2.75) is 50.2 Å². The third kappa shape index (κ3) is 7.50. The Kier molecular flexibility index (Phi) is 11.7. The van der Waals surface area contributed by atoms with Crippen LogP contribution in [0.1, 0.15) is 24.8 Å². The lowest BCUT2D eigenvalue weighted by Gasteiger charge is -2.40. The number of aliphatic hydroxyl groups excluding tert-OH is 3. The predicted molar refractivity (Wildman–Crippen MR) is 119 cm³/mol. The summed E-state index contributed by atoms with van der Waals surface area (Å²) in [6, 6.07) is 8.47. The van der Waals surface area contributed by atoms with Crippen LogP contribution in [0, 0.1) is 0 Å². The molecule has 1 aromatic carbocycles. The minimum atomic E-state index is -1.09. The SMILES string of the molecule is CON(CCCCc1ccc(N(CCCl)CCCl)cc1)C1C[C@@H](O)[C@@H](O)[C@@H](CO)O1. The first-order chi connectivity index (χ1) is 14.5. The number of aryl methyl sites for hydroxylation is 1. The molecular weight excluding hydrogens is 431 g/mol. The van der Waals surface area contributed by atoms with E-state index >= 15 is 0 Å². The molecule has 0 aromatic heterocycles. The molecule has 1 heterocycles. The molecule has 0 aliphatic carbocycles. The number of anilines is 1. The summed E-state index contributed by atoms with van der Waals surface area (Å²) in [7, 11) is 1.56. The highest BCUT2D eigenvalue weighted by molar-refractivity contribution is 6.18. The van der Waals surface area contributed by atoms with E-state index in [0.29, 0.717) is 18.3 Å². The summed E-state index contributed by atoms with van der Waals surface area (Å²) < 4.78 is 5.68. The van der Waals surface area contributed by atoms with E-state index in [0.717, 1.165) is 38.0 Å². The topological polar surface area (TPSA) is 85.6 Å². The van der Waals surface area contributed by atoms with E-state index in [1.807, 2.05) is 0 Å². The number of aliphatic hydroxyl groups is 3. The van der Waals surface area contributed by atoms with Gasteiger partial charge in [0.2, 0.25) is 0 Å². The molecule has 0 radical (unpaired) electrons. The minimum Gasteiger partial charge on any atom is -0.394 e. The Morgan fingerprint density at radius 1 is 1.07 bits per heavy atom. The summed E-state index contributed by atoms with van der Waals surface area (Å²) in [5, 5.41) is 30.9. The van der Waals surface area contributed by atoms with Gasteiger partial charge in [0, 0.05) is 43.5 Å². The summed E-state index contributed by atoms with van der Waals surface area (Å²) in [4.78, 5) is 7.59. The van der Waals surface area contributed by atoms with Gasteiger partial charge in [0.1, 0.15) is 18.4 Å². The highest BCUT2D eigenvalue weighted by Gasteiger charge is 2.38. The van der Waals surface area contributed by atoms with Crippen LogP contribution in [-0.2, 0) is 16.0 Å². The first kappa shape index (κ1) is 25.6. The summed E-state index contributed by atoms with van der Waals surface area (Å²) >= 11 is 11.8. The smallest absolute Gasteiger partial charge is 0.136 e. The first-order valence-electron chi connectivity index (χ1n) is 10.4. The average molecular weight is 465 g/mol. The molecule has 3 N–H and O–H groups in total. The minimum absolute atomic E-state index is 0.230. The third-order valence-corrected chi connectivity index (χ3v) is 5.73. The van der Waals surface area contributed by atoms with Crippen LogP contribution in [0.15, 0.2) is 24.3 Å². The van der Waals surface area contributed by atoms with Gasteiger partial charge in [-0.3, -0.25) is 4.84 Å². The number of halogens is 2. The molecule has 0 spiro atoms. The van der Waals surface area contributed by atoms with Gasteiger partial charge in [-0.15, -0.1) is 23.2 Å². The maximum Gasteiger partial charge on any atom is 0.136 e. The Labute approximate surface area is 189 Å². The molecule has 172 valence electrons. The largest absolute Gasteiger partial charge is 0.394 e. The molecule has 1 fully saturated rings. The molecular formula is C21H34Cl2N2O5. The lowest BCUT2D eigenvalue weighted by Crippen LogP contribution is -2.54. The number of hydrogen-bond acceptors (Lipinski definition) is 7. The summed E-state index contributed by atoms with van der Waals surface area (Å²) in [6.07, 6.45) is -0.335. The van der Waals surface area contributed by atoms with Crippen LogP contribution in [0.5, 0.6) is 0 Å². The lowest BCUT2D eigenvalue weighted by atomic mass is 10.0. The van der Waals surface area contributed by atoms with Crippen LogP contribution in [0.3, 0.4) is 0 Å². The fourth-order valence-electron chi connectivity index (χ4n) is 3.67. The number of ether oxygens (including phenoxy) is 1. The van der Waals surface area contributed by atoms with Crippen molar-refractivity contribution in [3.63, 3.8) is 0 Å². The molecule has 0 saturated carbocycles. The van der Waals surface area contributed by atoms with E-state index < -0.39 is 24.5 Å². The average Bonchev–Trinajstić information content (AvgIpc) is 2.76. The number of alkyl halides is 2. The molecule has 1 aromatic rings. The highest BCUT2D eigenvalue weighted by Crippen LogP contribution is 2.23. The van der Waals surface area contributed by atoms with E-state index in [-0.39, 0.29) is 13.0 Å². The van der Waals surface area contributed by atoms with E-state index in [2.05, 4.69) is 29.2 Å². The van der Waals surface area contributed by atoms with Crippen molar-refractivity contribution in [2.24, 2.45) is 0 Å². The van der Waals surface area contributed by atoms with Crippen LogP contribution in [0.4, 0.5) is 5.69 Å². The van der Waals surface area contributed by atoms with E-state index in [1.54, 1.807) is 12.2 Å². The zero-order valence-corrected chi connectivity index (χ0v) is 19.0. The van der Waals surface area contributed by atoms with Gasteiger partial charge in [-0.1, -0.05) is 12.1 Å². The number of rotatable bonds is 13. The van der Waals surface area contributed by atoms with Gasteiger partial charge < -0.3 is 25.0 Å². The van der Waals surface area contributed by atoms with E-state index in [4.69, 9.17) is 32.8 Å². The van der Waals surface area contributed by atoms with Crippen molar-refractivity contribution in [1.82, 2.24) is 5.06 Å². The maximum absolute atomic E-state index is 10.0. The maximum atomic E-state index is 10.0. The first-order valence-corrected chi connectivity index (χ1v) is 11.5. The monoisotopic (exact) mass is 464 g/mol. The molecule has 0 amide bonds. The summed E-state index contributed by atoms with van der Waals surface area (Å²) in [5.74, 6) is 1.13. The summed E-state index contributed by atoms with van der Waals surface area (Å²) in [5.41, 5.74) is 2.38. The molecule has 0 bridgehead atoms. The number of unbranched alkanes of at least 4 members (excludes halogenated alkanes) is 1. The zero-order valence-electron chi connectivity index (χ0n) is 17.5. The van der Waals surface area contributed by atoms with Gasteiger partial charge in [-0.05, 0) is 37.0 Å². The Hall–Kier alpha value is -0.640. The number of hydrogen-bond donors (Lipinski definition) is 3. The predicted octanol–water partition coefficient (Wildman–Crippen LogP) is 1.99. The van der Waals surface area contributed by atoms with Gasteiger partial charge in [0.15, 0.2) is 0 Å². The summed E-state index contributed by atoms with van der Waals surface area (Å²) in [6.45, 7) is 1.81. The van der Waals surface area contributed by atoms with Crippen LogP contribution in [0.25, 0.3) is 0 Å². The second-order valence-corrected chi connectivity index (χ2v) is 8.17. The Balaban J connectivity index is 1.79. The standard InChI is InChI=1S/C21H34Cl2N2O5/c1-29-25(20-14-18(27)21(28)19(15-26)30-20)11-3-2-4-16-5-7-17(8-6-16)24(12-9-22)13-10-23/h5-8,18-21,26-28H,2-4,9-15H2,1H3/t18-,19-,20?,21-/m1/s1. The fourth-order valence-corrected chi connectivity index (χ4v) is 4.07. The molecule has 30 heavy (non-hydrogen) atoms. The van der Waals surface area contributed by atoms with Crippen molar-refractivity contribution < 1.29 is 24.9 Å². The zero-order chi connectivity index (χ0) is 21.9. The molecule has 1 saturated heterocycles. The van der Waals surface area contributed by atoms with Crippen molar-refractivity contribution in [2.75, 3.05) is 50.0 Å². The molecule has 4 atom stereocenters. The molecule has 9 heteroatoms. The van der Waals surface area contributed by atoms with Gasteiger partial charge in [-0.25, -0.2) is 0 Å². The molecule has 2 rings (SSSR count). The highest BCUT2D eigenvalue weighted by atomic mass is 35.5. The second kappa shape index (κ2) is 13.7. The Bertz CT molecular complexity index is 589. The van der Waals surface area contributed by atoms with Crippen molar-refractivity contribution in [3.8, 4) is 0 Å². The van der Waals surface area contributed by atoms with Gasteiger partial charge in [0.25, 0.3) is 0 Å². The third-order valence-electron chi connectivity index (χ3n) is 5.39. The van der Waals surface area contributed by atoms with Crippen molar-refractivity contribution in [3.05, 3.63) is 29.8 Å². The van der Waals surface area contributed by atoms with E-state index in [9.17, 15) is 15.3 Å². The second-order valence-electron chi connectivity index (χ2n) is 7.42. The lowest BCUT2D eigenvalue weighted by molar-refractivity contribution is -0.295. The number of nitrogens with zero attached hydrogens (tertiary/aromatic N) is 2. The van der Waals surface area contributed by atoms with Gasteiger partial charge in [-0.2, -0.15) is 5.06 Å². The number of hydroxylamine groups is 2. The quantitative estimate of drug-likeness (QED) is 0.233. The van der Waals surface area contributed by atoms with Crippen LogP contribution in [-0.4, -0.2) is 90.0 Å².